The van der Waals surface area contributed by atoms with Crippen LogP contribution in [0.5, 0.6) is 0 Å². The number of rotatable bonds is 4. The third-order valence-electron chi connectivity index (χ3n) is 3.74. The van der Waals surface area contributed by atoms with E-state index in [1.807, 2.05) is 30.3 Å². The number of amides is 1. The molecule has 1 N–H and O–H groups in total. The first kappa shape index (κ1) is 14.5. The summed E-state index contributed by atoms with van der Waals surface area (Å²) in [6, 6.07) is 9.56. The van der Waals surface area contributed by atoms with Crippen LogP contribution in [-0.4, -0.2) is 40.3 Å². The van der Waals surface area contributed by atoms with Crippen molar-refractivity contribution in [1.29, 1.82) is 0 Å². The molecule has 1 atom stereocenters. The van der Waals surface area contributed by atoms with Crippen molar-refractivity contribution in [2.75, 3.05) is 6.61 Å². The summed E-state index contributed by atoms with van der Waals surface area (Å²) in [5.41, 5.74) is -0.774. The second-order valence-corrected chi connectivity index (χ2v) is 5.61. The Bertz CT molecular complexity index is 500. The van der Waals surface area contributed by atoms with Crippen LogP contribution in [0, 0.1) is 0 Å². The summed E-state index contributed by atoms with van der Waals surface area (Å²) in [5, 5.41) is 9.52. The monoisotopic (exact) mass is 277 g/mol. The molecule has 0 bridgehead atoms. The van der Waals surface area contributed by atoms with E-state index < -0.39 is 17.4 Å². The number of carbonyl (C=O) groups excluding carboxylic acids is 1. The third-order valence-corrected chi connectivity index (χ3v) is 3.74. The number of aldehydes is 1. The molecule has 0 saturated carbocycles. The van der Waals surface area contributed by atoms with Gasteiger partial charge in [0.25, 0.3) is 0 Å². The van der Waals surface area contributed by atoms with E-state index in [2.05, 4.69) is 0 Å². The van der Waals surface area contributed by atoms with E-state index in [-0.39, 0.29) is 13.0 Å². The van der Waals surface area contributed by atoms with Crippen LogP contribution in [0.3, 0.4) is 0 Å². The standard InChI is InChI=1S/C15H19NO4/c1-14(2)16(13(18)19)15(8-9-17,11-20-14)10-12-6-4-3-5-7-12/h3-7,9H,8,10-11H2,1-2H3,(H,18,19). The lowest BCUT2D eigenvalue weighted by Crippen LogP contribution is -2.56. The van der Waals surface area contributed by atoms with Gasteiger partial charge in [-0.05, 0) is 25.8 Å². The zero-order valence-corrected chi connectivity index (χ0v) is 11.7. The number of carbonyl (C=O) groups is 2. The van der Waals surface area contributed by atoms with Crippen molar-refractivity contribution in [3.05, 3.63) is 35.9 Å². The first-order chi connectivity index (χ1) is 9.41. The number of carboxylic acid groups (broad SMARTS) is 1. The second kappa shape index (κ2) is 5.25. The van der Waals surface area contributed by atoms with E-state index in [4.69, 9.17) is 4.74 Å². The molecule has 1 aliphatic rings. The Labute approximate surface area is 118 Å². The average Bonchev–Trinajstić information content (AvgIpc) is 2.62. The zero-order valence-electron chi connectivity index (χ0n) is 11.7. The van der Waals surface area contributed by atoms with Crippen LogP contribution in [0.25, 0.3) is 0 Å². The highest BCUT2D eigenvalue weighted by Gasteiger charge is 2.54. The van der Waals surface area contributed by atoms with Gasteiger partial charge in [-0.2, -0.15) is 0 Å². The molecule has 1 saturated heterocycles. The van der Waals surface area contributed by atoms with Gasteiger partial charge in [0.1, 0.15) is 12.0 Å². The quantitative estimate of drug-likeness (QED) is 0.858. The van der Waals surface area contributed by atoms with Gasteiger partial charge in [-0.25, -0.2) is 4.79 Å². The lowest BCUT2D eigenvalue weighted by molar-refractivity contribution is -0.110. The Morgan fingerprint density at radius 3 is 2.60 bits per heavy atom. The van der Waals surface area contributed by atoms with E-state index >= 15 is 0 Å². The Morgan fingerprint density at radius 2 is 2.05 bits per heavy atom. The number of ether oxygens (including phenoxy) is 1. The lowest BCUT2D eigenvalue weighted by Gasteiger charge is -2.39. The van der Waals surface area contributed by atoms with Crippen LogP contribution >= 0.6 is 0 Å². The molecule has 0 aliphatic carbocycles. The topological polar surface area (TPSA) is 66.8 Å². The molecular weight excluding hydrogens is 258 g/mol. The maximum atomic E-state index is 11.6. The van der Waals surface area contributed by atoms with Crippen molar-refractivity contribution in [2.45, 2.75) is 38.0 Å². The molecule has 1 amide bonds. The van der Waals surface area contributed by atoms with Crippen molar-refractivity contribution < 1.29 is 19.4 Å². The molecule has 1 fully saturated rings. The fourth-order valence-electron chi connectivity index (χ4n) is 2.93. The van der Waals surface area contributed by atoms with Crippen molar-refractivity contribution in [3.8, 4) is 0 Å². The molecule has 0 radical (unpaired) electrons. The summed E-state index contributed by atoms with van der Waals surface area (Å²) < 4.78 is 5.64. The van der Waals surface area contributed by atoms with Crippen LogP contribution in [0.15, 0.2) is 30.3 Å². The molecular formula is C15H19NO4. The van der Waals surface area contributed by atoms with E-state index in [1.165, 1.54) is 4.90 Å². The molecule has 5 heteroatoms. The van der Waals surface area contributed by atoms with Crippen LogP contribution in [0.2, 0.25) is 0 Å². The van der Waals surface area contributed by atoms with Crippen LogP contribution < -0.4 is 0 Å². The minimum Gasteiger partial charge on any atom is -0.465 e. The maximum Gasteiger partial charge on any atom is 0.410 e. The van der Waals surface area contributed by atoms with Crippen molar-refractivity contribution in [2.24, 2.45) is 0 Å². The number of hydrogen-bond acceptors (Lipinski definition) is 3. The Hall–Kier alpha value is -1.88. The SMILES string of the molecule is CC1(C)OCC(CC=O)(Cc2ccccc2)N1C(=O)O. The summed E-state index contributed by atoms with van der Waals surface area (Å²) in [5.74, 6) is 0. The highest BCUT2D eigenvalue weighted by molar-refractivity contribution is 5.69. The van der Waals surface area contributed by atoms with Crippen molar-refractivity contribution >= 4 is 12.4 Å². The van der Waals surface area contributed by atoms with Gasteiger partial charge in [0.2, 0.25) is 0 Å². The van der Waals surface area contributed by atoms with Gasteiger partial charge in [-0.15, -0.1) is 0 Å². The summed E-state index contributed by atoms with van der Waals surface area (Å²) in [7, 11) is 0. The van der Waals surface area contributed by atoms with Gasteiger partial charge >= 0.3 is 6.09 Å². The van der Waals surface area contributed by atoms with Crippen LogP contribution in [0.1, 0.15) is 25.8 Å². The summed E-state index contributed by atoms with van der Waals surface area (Å²) in [4.78, 5) is 24.0. The molecule has 1 aromatic rings. The van der Waals surface area contributed by atoms with Gasteiger partial charge < -0.3 is 14.6 Å². The first-order valence-electron chi connectivity index (χ1n) is 6.56. The first-order valence-corrected chi connectivity index (χ1v) is 6.56. The molecule has 20 heavy (non-hydrogen) atoms. The molecule has 0 aromatic heterocycles. The van der Waals surface area contributed by atoms with Gasteiger partial charge in [-0.3, -0.25) is 4.90 Å². The molecule has 1 unspecified atom stereocenters. The predicted octanol–water partition coefficient (Wildman–Crippen LogP) is 2.30. The van der Waals surface area contributed by atoms with E-state index in [0.717, 1.165) is 11.8 Å². The van der Waals surface area contributed by atoms with Gasteiger partial charge in [0.05, 0.1) is 12.1 Å². The van der Waals surface area contributed by atoms with Crippen LogP contribution in [0.4, 0.5) is 4.79 Å². The second-order valence-electron chi connectivity index (χ2n) is 5.61. The lowest BCUT2D eigenvalue weighted by atomic mass is 9.87. The fraction of sp³-hybridized carbons (Fsp3) is 0.467. The Kier molecular flexibility index (Phi) is 3.81. The maximum absolute atomic E-state index is 11.6. The minimum absolute atomic E-state index is 0.123. The molecule has 2 rings (SSSR count). The fourth-order valence-corrected chi connectivity index (χ4v) is 2.93. The highest BCUT2D eigenvalue weighted by Crippen LogP contribution is 2.39. The third kappa shape index (κ3) is 2.54. The van der Waals surface area contributed by atoms with Crippen molar-refractivity contribution in [1.82, 2.24) is 4.90 Å². The zero-order chi connectivity index (χ0) is 14.8. The van der Waals surface area contributed by atoms with Gasteiger partial charge in [0.15, 0.2) is 0 Å². The summed E-state index contributed by atoms with van der Waals surface area (Å²) in [6.45, 7) is 3.64. The van der Waals surface area contributed by atoms with Gasteiger partial charge in [-0.1, -0.05) is 30.3 Å². The number of benzene rings is 1. The normalized spacial score (nSPS) is 24.6. The smallest absolute Gasteiger partial charge is 0.410 e. The van der Waals surface area contributed by atoms with E-state index in [9.17, 15) is 14.7 Å². The average molecular weight is 277 g/mol. The number of hydrogen-bond donors (Lipinski definition) is 1. The molecule has 1 heterocycles. The van der Waals surface area contributed by atoms with E-state index in [0.29, 0.717) is 6.42 Å². The largest absolute Gasteiger partial charge is 0.465 e. The molecule has 108 valence electrons. The molecule has 0 spiro atoms. The summed E-state index contributed by atoms with van der Waals surface area (Å²) >= 11 is 0. The highest BCUT2D eigenvalue weighted by atomic mass is 16.5. The molecule has 5 nitrogen and oxygen atoms in total. The van der Waals surface area contributed by atoms with Gasteiger partial charge in [0, 0.05) is 6.42 Å². The Balaban J connectivity index is 2.38. The van der Waals surface area contributed by atoms with E-state index in [1.54, 1.807) is 13.8 Å². The molecule has 1 aromatic carbocycles. The predicted molar refractivity (Wildman–Crippen MR) is 73.5 cm³/mol. The Morgan fingerprint density at radius 1 is 1.40 bits per heavy atom. The van der Waals surface area contributed by atoms with Crippen molar-refractivity contribution in [3.63, 3.8) is 0 Å². The molecule has 1 aliphatic heterocycles. The number of nitrogens with zero attached hydrogens (tertiary/aromatic N) is 1. The minimum atomic E-state index is -1.06. The van der Waals surface area contributed by atoms with Crippen LogP contribution in [-0.2, 0) is 16.0 Å². The summed E-state index contributed by atoms with van der Waals surface area (Å²) in [6.07, 6.45) is 0.286.